The van der Waals surface area contributed by atoms with E-state index in [1.807, 2.05) is 20.8 Å². The minimum absolute atomic E-state index is 0.234. The fourth-order valence-electron chi connectivity index (χ4n) is 1.22. The Labute approximate surface area is 82.9 Å². The first-order valence-electron chi connectivity index (χ1n) is 4.53. The van der Waals surface area contributed by atoms with Crippen molar-refractivity contribution < 1.29 is 8.78 Å². The van der Waals surface area contributed by atoms with Gasteiger partial charge in [0.05, 0.1) is 0 Å². The first-order chi connectivity index (χ1) is 6.32. The summed E-state index contributed by atoms with van der Waals surface area (Å²) in [7, 11) is 0. The lowest BCUT2D eigenvalue weighted by Crippen LogP contribution is -2.27. The van der Waals surface area contributed by atoms with Crippen molar-refractivity contribution in [1.82, 2.24) is 0 Å². The molecular formula is C11H15F2N. The molecule has 0 aromatic heterocycles. The molecule has 0 heterocycles. The Morgan fingerprint density at radius 3 is 2.29 bits per heavy atom. The summed E-state index contributed by atoms with van der Waals surface area (Å²) in [4.78, 5) is 0. The van der Waals surface area contributed by atoms with Gasteiger partial charge in [-0.1, -0.05) is 20.8 Å². The summed E-state index contributed by atoms with van der Waals surface area (Å²) in [5.74, 6) is -0.907. The van der Waals surface area contributed by atoms with Gasteiger partial charge in [0.1, 0.15) is 11.6 Å². The van der Waals surface area contributed by atoms with E-state index in [0.717, 1.165) is 18.2 Å². The van der Waals surface area contributed by atoms with Crippen LogP contribution in [0, 0.1) is 17.0 Å². The summed E-state index contributed by atoms with van der Waals surface area (Å²) in [5.41, 5.74) is 5.79. The topological polar surface area (TPSA) is 26.0 Å². The van der Waals surface area contributed by atoms with Crippen molar-refractivity contribution in [1.29, 1.82) is 0 Å². The van der Waals surface area contributed by atoms with Gasteiger partial charge >= 0.3 is 0 Å². The van der Waals surface area contributed by atoms with Crippen LogP contribution < -0.4 is 5.73 Å². The molecule has 0 aliphatic rings. The van der Waals surface area contributed by atoms with Gasteiger partial charge in [0, 0.05) is 11.6 Å². The van der Waals surface area contributed by atoms with E-state index in [9.17, 15) is 8.78 Å². The molecule has 0 aliphatic carbocycles. The molecule has 0 unspecified atom stereocenters. The molecule has 0 aliphatic heterocycles. The first kappa shape index (κ1) is 11.1. The van der Waals surface area contributed by atoms with Crippen molar-refractivity contribution in [3.63, 3.8) is 0 Å². The molecule has 1 atom stereocenters. The zero-order valence-corrected chi connectivity index (χ0v) is 8.64. The largest absolute Gasteiger partial charge is 0.323 e. The van der Waals surface area contributed by atoms with Gasteiger partial charge in [-0.15, -0.1) is 0 Å². The third-order valence-electron chi connectivity index (χ3n) is 2.23. The zero-order valence-electron chi connectivity index (χ0n) is 8.64. The van der Waals surface area contributed by atoms with Gasteiger partial charge in [-0.05, 0) is 23.6 Å². The molecule has 0 bridgehead atoms. The van der Waals surface area contributed by atoms with Crippen LogP contribution >= 0.6 is 0 Å². The number of halogens is 2. The van der Waals surface area contributed by atoms with E-state index >= 15 is 0 Å². The quantitative estimate of drug-likeness (QED) is 0.739. The summed E-state index contributed by atoms with van der Waals surface area (Å²) >= 11 is 0. The number of hydrogen-bond acceptors (Lipinski definition) is 1. The van der Waals surface area contributed by atoms with E-state index in [0.29, 0.717) is 0 Å². The molecule has 1 rings (SSSR count). The molecule has 0 spiro atoms. The van der Waals surface area contributed by atoms with Crippen LogP contribution in [0.5, 0.6) is 0 Å². The number of nitrogens with two attached hydrogens (primary N) is 1. The minimum Gasteiger partial charge on any atom is -0.323 e. The summed E-state index contributed by atoms with van der Waals surface area (Å²) in [6.45, 7) is 5.67. The highest BCUT2D eigenvalue weighted by atomic mass is 19.1. The Morgan fingerprint density at radius 1 is 1.21 bits per heavy atom. The second-order valence-corrected chi connectivity index (χ2v) is 4.51. The Balaban J connectivity index is 3.12. The van der Waals surface area contributed by atoms with Crippen LogP contribution in [0.3, 0.4) is 0 Å². The van der Waals surface area contributed by atoms with Crippen molar-refractivity contribution in [2.45, 2.75) is 26.8 Å². The molecule has 0 saturated heterocycles. The number of rotatable bonds is 1. The molecule has 0 radical (unpaired) electrons. The maximum Gasteiger partial charge on any atom is 0.128 e. The average Bonchev–Trinajstić information content (AvgIpc) is 2.06. The molecule has 3 heteroatoms. The lowest BCUT2D eigenvalue weighted by molar-refractivity contribution is 0.318. The van der Waals surface area contributed by atoms with Gasteiger partial charge in [0.15, 0.2) is 0 Å². The van der Waals surface area contributed by atoms with E-state index in [1.165, 1.54) is 0 Å². The van der Waals surface area contributed by atoms with Crippen LogP contribution in [0.15, 0.2) is 18.2 Å². The van der Waals surface area contributed by atoms with Gasteiger partial charge in [-0.3, -0.25) is 0 Å². The van der Waals surface area contributed by atoms with Crippen LogP contribution in [-0.2, 0) is 0 Å². The molecule has 78 valence electrons. The van der Waals surface area contributed by atoms with Crippen molar-refractivity contribution in [3.05, 3.63) is 35.4 Å². The Kier molecular flexibility index (Phi) is 2.90. The van der Waals surface area contributed by atoms with E-state index < -0.39 is 17.7 Å². The fraction of sp³-hybridized carbons (Fsp3) is 0.455. The summed E-state index contributed by atoms with van der Waals surface area (Å²) in [5, 5.41) is 0. The van der Waals surface area contributed by atoms with Crippen LogP contribution in [-0.4, -0.2) is 0 Å². The lowest BCUT2D eigenvalue weighted by atomic mass is 9.83. The fourth-order valence-corrected chi connectivity index (χ4v) is 1.22. The predicted molar refractivity (Wildman–Crippen MR) is 52.7 cm³/mol. The van der Waals surface area contributed by atoms with E-state index in [4.69, 9.17) is 5.73 Å². The summed E-state index contributed by atoms with van der Waals surface area (Å²) < 4.78 is 26.2. The standard InChI is InChI=1S/C11H15F2N/c1-11(2,3)10(14)8-6-7(12)4-5-9(8)13/h4-6,10H,14H2,1-3H3/t10-/m1/s1. The smallest absolute Gasteiger partial charge is 0.128 e. The van der Waals surface area contributed by atoms with E-state index in [2.05, 4.69) is 0 Å². The SMILES string of the molecule is CC(C)(C)[C@H](N)c1cc(F)ccc1F. The molecular weight excluding hydrogens is 184 g/mol. The first-order valence-corrected chi connectivity index (χ1v) is 4.53. The number of hydrogen-bond donors (Lipinski definition) is 1. The van der Waals surface area contributed by atoms with Gasteiger partial charge < -0.3 is 5.73 Å². The van der Waals surface area contributed by atoms with Crippen molar-refractivity contribution in [2.75, 3.05) is 0 Å². The highest BCUT2D eigenvalue weighted by Gasteiger charge is 2.25. The highest BCUT2D eigenvalue weighted by molar-refractivity contribution is 5.23. The maximum atomic E-state index is 13.3. The van der Waals surface area contributed by atoms with E-state index in [1.54, 1.807) is 0 Å². The van der Waals surface area contributed by atoms with Gasteiger partial charge in [-0.25, -0.2) is 8.78 Å². The van der Waals surface area contributed by atoms with Crippen LogP contribution in [0.25, 0.3) is 0 Å². The number of benzene rings is 1. The van der Waals surface area contributed by atoms with Gasteiger partial charge in [0.2, 0.25) is 0 Å². The van der Waals surface area contributed by atoms with Gasteiger partial charge in [0.25, 0.3) is 0 Å². The molecule has 1 aromatic carbocycles. The monoisotopic (exact) mass is 199 g/mol. The predicted octanol–water partition coefficient (Wildman–Crippen LogP) is 3.01. The third-order valence-corrected chi connectivity index (χ3v) is 2.23. The lowest BCUT2D eigenvalue weighted by Gasteiger charge is -2.27. The minimum atomic E-state index is -0.502. The molecule has 2 N–H and O–H groups in total. The Hall–Kier alpha value is -0.960. The highest BCUT2D eigenvalue weighted by Crippen LogP contribution is 2.31. The molecule has 1 aromatic rings. The second-order valence-electron chi connectivity index (χ2n) is 4.51. The summed E-state index contributed by atoms with van der Waals surface area (Å²) in [6.07, 6.45) is 0. The Morgan fingerprint density at radius 2 is 1.79 bits per heavy atom. The normalized spacial score (nSPS) is 14.1. The van der Waals surface area contributed by atoms with Crippen LogP contribution in [0.1, 0.15) is 32.4 Å². The van der Waals surface area contributed by atoms with Crippen molar-refractivity contribution >= 4 is 0 Å². The summed E-state index contributed by atoms with van der Waals surface area (Å²) in [6, 6.07) is 2.86. The third kappa shape index (κ3) is 2.29. The molecule has 0 amide bonds. The van der Waals surface area contributed by atoms with Gasteiger partial charge in [-0.2, -0.15) is 0 Å². The van der Waals surface area contributed by atoms with Crippen LogP contribution in [0.4, 0.5) is 8.78 Å². The van der Waals surface area contributed by atoms with E-state index in [-0.39, 0.29) is 11.0 Å². The van der Waals surface area contributed by atoms with Crippen LogP contribution in [0.2, 0.25) is 0 Å². The average molecular weight is 199 g/mol. The molecule has 0 fully saturated rings. The molecule has 1 nitrogen and oxygen atoms in total. The van der Waals surface area contributed by atoms with Crippen molar-refractivity contribution in [2.24, 2.45) is 11.1 Å². The van der Waals surface area contributed by atoms with Crippen molar-refractivity contribution in [3.8, 4) is 0 Å². The zero-order chi connectivity index (χ0) is 10.9. The maximum absolute atomic E-state index is 13.3. The Bertz CT molecular complexity index is 329. The second kappa shape index (κ2) is 3.65. The molecule has 14 heavy (non-hydrogen) atoms. The molecule has 0 saturated carbocycles.